The lowest BCUT2D eigenvalue weighted by atomic mass is 10.0. The number of carbonyl (C=O) groups excluding carboxylic acids is 4. The topological polar surface area (TPSA) is 194 Å². The first-order chi connectivity index (χ1) is 14.2. The molecule has 0 spiro atoms. The average molecular weight is 439 g/mol. The van der Waals surface area contributed by atoms with Crippen molar-refractivity contribution >= 4 is 42.2 Å². The van der Waals surface area contributed by atoms with Crippen LogP contribution in [0, 0.1) is 0 Å². The van der Waals surface area contributed by atoms with E-state index in [4.69, 9.17) is 16.6 Å². The Kier molecular flexibility index (Phi) is 10.3. The molecule has 4 amide bonds. The third kappa shape index (κ3) is 8.49. The van der Waals surface area contributed by atoms with E-state index in [9.17, 15) is 24.0 Å². The largest absolute Gasteiger partial charge is 0.480 e. The first kappa shape index (κ1) is 24.9. The van der Waals surface area contributed by atoms with Crippen LogP contribution in [0.15, 0.2) is 30.3 Å². The van der Waals surface area contributed by atoms with E-state index >= 15 is 0 Å². The van der Waals surface area contributed by atoms with Crippen molar-refractivity contribution in [2.24, 2.45) is 11.5 Å². The molecule has 0 aromatic heterocycles. The van der Waals surface area contributed by atoms with Gasteiger partial charge >= 0.3 is 5.97 Å². The Hall–Kier alpha value is -3.12. The van der Waals surface area contributed by atoms with Gasteiger partial charge in [0.05, 0.1) is 13.0 Å². The van der Waals surface area contributed by atoms with Crippen LogP contribution in [0.3, 0.4) is 0 Å². The molecular formula is C18H25N5O6S. The normalized spacial score (nSPS) is 13.4. The summed E-state index contributed by atoms with van der Waals surface area (Å²) >= 11 is 4.01. The number of primary amides is 1. The van der Waals surface area contributed by atoms with Crippen molar-refractivity contribution < 1.29 is 29.1 Å². The van der Waals surface area contributed by atoms with Crippen LogP contribution in [0.25, 0.3) is 0 Å². The van der Waals surface area contributed by atoms with Crippen molar-refractivity contribution in [2.75, 3.05) is 12.3 Å². The minimum absolute atomic E-state index is 0.138. The second-order valence-electron chi connectivity index (χ2n) is 6.33. The van der Waals surface area contributed by atoms with Crippen LogP contribution >= 0.6 is 12.6 Å². The summed E-state index contributed by atoms with van der Waals surface area (Å²) in [4.78, 5) is 58.9. The van der Waals surface area contributed by atoms with Gasteiger partial charge in [-0.2, -0.15) is 12.6 Å². The molecule has 1 aromatic carbocycles. The fourth-order valence-corrected chi connectivity index (χ4v) is 2.71. The predicted molar refractivity (Wildman–Crippen MR) is 110 cm³/mol. The van der Waals surface area contributed by atoms with Gasteiger partial charge in [0.1, 0.15) is 18.1 Å². The lowest BCUT2D eigenvalue weighted by Gasteiger charge is -2.23. The van der Waals surface area contributed by atoms with E-state index < -0.39 is 54.1 Å². The maximum Gasteiger partial charge on any atom is 0.326 e. The van der Waals surface area contributed by atoms with Crippen molar-refractivity contribution in [3.05, 3.63) is 35.9 Å². The summed E-state index contributed by atoms with van der Waals surface area (Å²) in [6.07, 6.45) is -0.476. The number of aliphatic carboxylic acids is 1. The molecule has 12 heteroatoms. The molecule has 0 aliphatic carbocycles. The third-order valence-corrected chi connectivity index (χ3v) is 4.32. The standard InChI is InChI=1S/C18H25N5O6S/c19-8-15(25)21-11(6-10-4-2-1-3-5-10)16(26)23-13(9-30)17(27)22-12(18(28)29)7-14(20)24/h1-5,11-13,30H,6-9,19H2,(H2,20,24)(H,21,25)(H,22,27)(H,23,26)(H,28,29). The molecule has 0 heterocycles. The van der Waals surface area contributed by atoms with Crippen LogP contribution < -0.4 is 27.4 Å². The smallest absolute Gasteiger partial charge is 0.326 e. The molecule has 164 valence electrons. The molecule has 3 atom stereocenters. The zero-order valence-electron chi connectivity index (χ0n) is 16.0. The molecule has 0 radical (unpaired) electrons. The SMILES string of the molecule is NCC(=O)NC(Cc1ccccc1)C(=O)NC(CS)C(=O)NC(CC(N)=O)C(=O)O. The highest BCUT2D eigenvalue weighted by Crippen LogP contribution is 2.05. The van der Waals surface area contributed by atoms with Crippen LogP contribution in [0.4, 0.5) is 0 Å². The van der Waals surface area contributed by atoms with Gasteiger partial charge in [-0.05, 0) is 5.56 Å². The van der Waals surface area contributed by atoms with Gasteiger partial charge in [0.15, 0.2) is 0 Å². The Bertz CT molecular complexity index is 776. The molecule has 0 aliphatic rings. The quantitative estimate of drug-likeness (QED) is 0.175. The van der Waals surface area contributed by atoms with Crippen molar-refractivity contribution in [1.29, 1.82) is 0 Å². The van der Waals surface area contributed by atoms with Crippen molar-refractivity contribution in [3.63, 3.8) is 0 Å². The second kappa shape index (κ2) is 12.4. The number of hydrogen-bond acceptors (Lipinski definition) is 7. The first-order valence-electron chi connectivity index (χ1n) is 8.94. The van der Waals surface area contributed by atoms with Gasteiger partial charge in [0, 0.05) is 12.2 Å². The van der Waals surface area contributed by atoms with Gasteiger partial charge in [0.2, 0.25) is 23.6 Å². The van der Waals surface area contributed by atoms with Crippen LogP contribution in [0.1, 0.15) is 12.0 Å². The minimum atomic E-state index is -1.55. The molecule has 11 nitrogen and oxygen atoms in total. The Morgan fingerprint density at radius 2 is 1.50 bits per heavy atom. The van der Waals surface area contributed by atoms with Crippen LogP contribution in [0.5, 0.6) is 0 Å². The van der Waals surface area contributed by atoms with Gasteiger partial charge in [-0.25, -0.2) is 4.79 Å². The number of carboxylic acid groups (broad SMARTS) is 1. The molecule has 8 N–H and O–H groups in total. The predicted octanol–water partition coefficient (Wildman–Crippen LogP) is -2.47. The third-order valence-electron chi connectivity index (χ3n) is 3.96. The summed E-state index contributed by atoms with van der Waals surface area (Å²) < 4.78 is 0. The van der Waals surface area contributed by atoms with Gasteiger partial charge in [0.25, 0.3) is 0 Å². The monoisotopic (exact) mass is 439 g/mol. The van der Waals surface area contributed by atoms with Gasteiger partial charge < -0.3 is 32.5 Å². The molecule has 0 aliphatic heterocycles. The van der Waals surface area contributed by atoms with E-state index in [2.05, 4.69) is 28.6 Å². The lowest BCUT2D eigenvalue weighted by molar-refractivity contribution is -0.143. The van der Waals surface area contributed by atoms with Crippen LogP contribution in [-0.4, -0.2) is 65.1 Å². The number of carbonyl (C=O) groups is 5. The van der Waals surface area contributed by atoms with Crippen molar-refractivity contribution in [2.45, 2.75) is 31.0 Å². The van der Waals surface area contributed by atoms with E-state index in [1.807, 2.05) is 0 Å². The Balaban J connectivity index is 2.89. The number of thiol groups is 1. The summed E-state index contributed by atoms with van der Waals surface area (Å²) in [5.41, 5.74) is 11.0. The van der Waals surface area contributed by atoms with Crippen LogP contribution in [0.2, 0.25) is 0 Å². The molecule has 1 aromatic rings. The van der Waals surface area contributed by atoms with E-state index in [0.29, 0.717) is 0 Å². The number of carboxylic acids is 1. The summed E-state index contributed by atoms with van der Waals surface area (Å²) in [7, 11) is 0. The highest BCUT2D eigenvalue weighted by Gasteiger charge is 2.29. The molecule has 3 unspecified atom stereocenters. The summed E-state index contributed by atoms with van der Waals surface area (Å²) in [5.74, 6) is -4.65. The van der Waals surface area contributed by atoms with Gasteiger partial charge in [-0.3, -0.25) is 19.2 Å². The number of hydrogen-bond donors (Lipinski definition) is 7. The number of amides is 4. The zero-order valence-corrected chi connectivity index (χ0v) is 16.9. The van der Waals surface area contributed by atoms with Gasteiger partial charge in [-0.1, -0.05) is 30.3 Å². The van der Waals surface area contributed by atoms with E-state index in [0.717, 1.165) is 5.56 Å². The highest BCUT2D eigenvalue weighted by atomic mass is 32.1. The zero-order chi connectivity index (χ0) is 22.7. The van der Waals surface area contributed by atoms with Crippen molar-refractivity contribution in [3.8, 4) is 0 Å². The second-order valence-corrected chi connectivity index (χ2v) is 6.69. The maximum absolute atomic E-state index is 12.7. The molecular weight excluding hydrogens is 414 g/mol. The van der Waals surface area contributed by atoms with E-state index in [-0.39, 0.29) is 18.7 Å². The summed E-state index contributed by atoms with van der Waals surface area (Å²) in [5, 5.41) is 16.1. The molecule has 0 fully saturated rings. The Morgan fingerprint density at radius 1 is 0.933 bits per heavy atom. The Labute approximate surface area is 178 Å². The number of nitrogens with two attached hydrogens (primary N) is 2. The van der Waals surface area contributed by atoms with Gasteiger partial charge in [-0.15, -0.1) is 0 Å². The van der Waals surface area contributed by atoms with E-state index in [1.54, 1.807) is 30.3 Å². The lowest BCUT2D eigenvalue weighted by Crippen LogP contribution is -2.57. The molecule has 0 bridgehead atoms. The fraction of sp³-hybridized carbons (Fsp3) is 0.389. The molecule has 1 rings (SSSR count). The number of rotatable bonds is 12. The maximum atomic E-state index is 12.7. The van der Waals surface area contributed by atoms with Crippen LogP contribution in [-0.2, 0) is 30.4 Å². The summed E-state index contributed by atoms with van der Waals surface area (Å²) in [6.45, 7) is -0.331. The average Bonchev–Trinajstić information content (AvgIpc) is 2.70. The minimum Gasteiger partial charge on any atom is -0.480 e. The van der Waals surface area contributed by atoms with E-state index in [1.165, 1.54) is 0 Å². The fourth-order valence-electron chi connectivity index (χ4n) is 2.45. The molecule has 0 saturated carbocycles. The molecule has 30 heavy (non-hydrogen) atoms. The Morgan fingerprint density at radius 3 is 2.00 bits per heavy atom. The molecule has 0 saturated heterocycles. The number of benzene rings is 1. The highest BCUT2D eigenvalue weighted by molar-refractivity contribution is 7.80. The first-order valence-corrected chi connectivity index (χ1v) is 9.57. The summed E-state index contributed by atoms with van der Waals surface area (Å²) in [6, 6.07) is 5.06. The van der Waals surface area contributed by atoms with Crippen molar-refractivity contribution in [1.82, 2.24) is 16.0 Å². The number of nitrogens with one attached hydrogen (secondary N) is 3.